The minimum Gasteiger partial charge on any atom is -0.495 e. The van der Waals surface area contributed by atoms with Gasteiger partial charge in [0.15, 0.2) is 11.2 Å². The number of hydrogen-bond donors (Lipinski definition) is 2. The predicted molar refractivity (Wildman–Crippen MR) is 135 cm³/mol. The van der Waals surface area contributed by atoms with Crippen LogP contribution in [-0.2, 0) is 11.2 Å². The lowest BCUT2D eigenvalue weighted by Crippen LogP contribution is -2.55. The summed E-state index contributed by atoms with van der Waals surface area (Å²) in [6.45, 7) is 2.92. The van der Waals surface area contributed by atoms with Gasteiger partial charge in [-0.3, -0.25) is 4.98 Å². The molecule has 0 spiro atoms. The van der Waals surface area contributed by atoms with Crippen LogP contribution in [0.15, 0.2) is 61.0 Å². The molecule has 3 aliphatic rings. The zero-order valence-electron chi connectivity index (χ0n) is 21.2. The average Bonchev–Trinajstić information content (AvgIpc) is 3.26. The molecule has 36 heavy (non-hydrogen) atoms. The zero-order chi connectivity index (χ0) is 25.7. The summed E-state index contributed by atoms with van der Waals surface area (Å²) in [5, 5.41) is 34.4. The molecule has 2 aliphatic carbocycles. The average molecular weight is 488 g/mol. The first-order valence-electron chi connectivity index (χ1n) is 12.3. The molecule has 1 unspecified atom stereocenters. The summed E-state index contributed by atoms with van der Waals surface area (Å²) in [6, 6.07) is 9.33. The minimum atomic E-state index is -1.80. The molecule has 0 saturated heterocycles. The third kappa shape index (κ3) is 3.25. The lowest BCUT2D eigenvalue weighted by atomic mass is 9.60. The number of benzene rings is 1. The molecule has 188 valence electrons. The summed E-state index contributed by atoms with van der Waals surface area (Å²) in [6.07, 6.45) is 11.8. The number of pyridine rings is 1. The highest BCUT2D eigenvalue weighted by atomic mass is 16.5. The molecule has 1 aliphatic heterocycles. The maximum Gasteiger partial charge on any atom is 0.174 e. The van der Waals surface area contributed by atoms with Gasteiger partial charge in [0, 0.05) is 5.92 Å². The normalized spacial score (nSPS) is 34.2. The van der Waals surface area contributed by atoms with Gasteiger partial charge in [0.2, 0.25) is 0 Å². The summed E-state index contributed by atoms with van der Waals surface area (Å²) < 4.78 is 12.5. The van der Waals surface area contributed by atoms with Crippen LogP contribution in [0.4, 0.5) is 0 Å². The van der Waals surface area contributed by atoms with Gasteiger partial charge >= 0.3 is 0 Å². The Kier molecular flexibility index (Phi) is 5.95. The lowest BCUT2D eigenvalue weighted by Gasteiger charge is -2.47. The van der Waals surface area contributed by atoms with Crippen molar-refractivity contribution >= 4 is 0 Å². The number of aliphatic hydroxyl groups excluding tert-OH is 1. The van der Waals surface area contributed by atoms with Crippen molar-refractivity contribution in [1.82, 2.24) is 9.88 Å². The second kappa shape index (κ2) is 8.74. The molecule has 7 nitrogen and oxygen atoms in total. The van der Waals surface area contributed by atoms with Crippen molar-refractivity contribution in [2.24, 2.45) is 17.3 Å². The molecule has 2 aromatic rings. The van der Waals surface area contributed by atoms with E-state index in [4.69, 9.17) is 9.47 Å². The van der Waals surface area contributed by atoms with Crippen LogP contribution in [0.2, 0.25) is 0 Å². The topological polar surface area (TPSA) is 98.8 Å². The monoisotopic (exact) mass is 487 g/mol. The van der Waals surface area contributed by atoms with Crippen LogP contribution in [0, 0.1) is 28.6 Å². The first-order chi connectivity index (χ1) is 17.2. The van der Waals surface area contributed by atoms with Crippen molar-refractivity contribution in [2.45, 2.75) is 37.1 Å². The number of aliphatic hydroxyl groups is 2. The number of ether oxygens (including phenoxy) is 2. The van der Waals surface area contributed by atoms with E-state index in [0.717, 1.165) is 13.0 Å². The van der Waals surface area contributed by atoms with Crippen LogP contribution in [-0.4, -0.2) is 54.0 Å². The largest absolute Gasteiger partial charge is 0.495 e. The molecule has 1 saturated carbocycles. The van der Waals surface area contributed by atoms with Gasteiger partial charge < -0.3 is 24.6 Å². The van der Waals surface area contributed by atoms with E-state index < -0.39 is 22.7 Å². The summed E-state index contributed by atoms with van der Waals surface area (Å²) >= 11 is 0. The van der Waals surface area contributed by atoms with Crippen LogP contribution < -0.4 is 9.47 Å². The Hall–Kier alpha value is -3.18. The van der Waals surface area contributed by atoms with E-state index in [9.17, 15) is 15.5 Å². The van der Waals surface area contributed by atoms with Crippen molar-refractivity contribution < 1.29 is 19.7 Å². The molecule has 6 atom stereocenters. The minimum absolute atomic E-state index is 0.291. The van der Waals surface area contributed by atoms with E-state index in [1.807, 2.05) is 38.4 Å². The molecule has 1 aromatic carbocycles. The van der Waals surface area contributed by atoms with Crippen molar-refractivity contribution in [2.75, 3.05) is 27.7 Å². The van der Waals surface area contributed by atoms with Crippen LogP contribution in [0.25, 0.3) is 0 Å². The third-order valence-corrected chi connectivity index (χ3v) is 8.36. The third-order valence-electron chi connectivity index (χ3n) is 8.36. The van der Waals surface area contributed by atoms with Crippen molar-refractivity contribution in [3.63, 3.8) is 0 Å². The molecular formula is C29H33N3O4. The van der Waals surface area contributed by atoms with Crippen molar-refractivity contribution in [3.8, 4) is 17.6 Å². The number of rotatable bonds is 6. The van der Waals surface area contributed by atoms with Crippen LogP contribution in [0.5, 0.6) is 11.5 Å². The van der Waals surface area contributed by atoms with Crippen LogP contribution in [0.3, 0.4) is 0 Å². The summed E-state index contributed by atoms with van der Waals surface area (Å²) in [5.41, 5.74) is -1.91. The highest BCUT2D eigenvalue weighted by Gasteiger charge is 2.78. The molecule has 0 radical (unpaired) electrons. The van der Waals surface area contributed by atoms with Gasteiger partial charge in [-0.2, -0.15) is 5.26 Å². The summed E-state index contributed by atoms with van der Waals surface area (Å²) in [4.78, 5) is 6.37. The Labute approximate surface area is 212 Å². The molecule has 5 rings (SSSR count). The molecule has 1 fully saturated rings. The lowest BCUT2D eigenvalue weighted by molar-refractivity contribution is -0.165. The number of nitriles is 1. The Morgan fingerprint density at radius 3 is 2.58 bits per heavy atom. The first kappa shape index (κ1) is 24.5. The van der Waals surface area contributed by atoms with E-state index in [1.165, 1.54) is 7.11 Å². The molecule has 0 amide bonds. The number of hydrogen-bond acceptors (Lipinski definition) is 7. The Morgan fingerprint density at radius 1 is 1.22 bits per heavy atom. The molecule has 0 bridgehead atoms. The van der Waals surface area contributed by atoms with E-state index >= 15 is 0 Å². The molecular weight excluding hydrogens is 454 g/mol. The van der Waals surface area contributed by atoms with Gasteiger partial charge in [-0.05, 0) is 62.5 Å². The fraction of sp³-hybridized carbons (Fsp3) is 0.448. The van der Waals surface area contributed by atoms with Gasteiger partial charge in [0.05, 0.1) is 42.8 Å². The molecule has 1 aromatic heterocycles. The highest BCUT2D eigenvalue weighted by Crippen LogP contribution is 2.71. The van der Waals surface area contributed by atoms with Crippen molar-refractivity contribution in [1.29, 1.82) is 5.26 Å². The summed E-state index contributed by atoms with van der Waals surface area (Å²) in [7, 11) is 5.54. The smallest absolute Gasteiger partial charge is 0.174 e. The Bertz CT molecular complexity index is 1250. The number of allylic oxidation sites excluding steroid dienone is 4. The van der Waals surface area contributed by atoms with Crippen molar-refractivity contribution in [3.05, 3.63) is 77.7 Å². The SMILES string of the molecule is COc1cncc2c1[C@]1(O)[C@H](O)[C@H](CCN(C)C)[C@@H](C3(C)C=CC=CC3)[C@]1(c1ccc(C#N)cc1)O2. The fourth-order valence-electron chi connectivity index (χ4n) is 6.84. The number of nitrogens with zero attached hydrogens (tertiary/aromatic N) is 3. The van der Waals surface area contributed by atoms with E-state index in [1.54, 1.807) is 24.5 Å². The van der Waals surface area contributed by atoms with Crippen LogP contribution in [0.1, 0.15) is 36.5 Å². The van der Waals surface area contributed by atoms with E-state index in [2.05, 4.69) is 35.0 Å². The number of aromatic nitrogens is 1. The summed E-state index contributed by atoms with van der Waals surface area (Å²) in [5.74, 6) is 0.174. The highest BCUT2D eigenvalue weighted by molar-refractivity contribution is 5.58. The van der Waals surface area contributed by atoms with Gasteiger partial charge in [-0.25, -0.2) is 0 Å². The number of methoxy groups -OCH3 is 1. The van der Waals surface area contributed by atoms with Gasteiger partial charge in [0.25, 0.3) is 0 Å². The second-order valence-electron chi connectivity index (χ2n) is 10.7. The fourth-order valence-corrected chi connectivity index (χ4v) is 6.84. The van der Waals surface area contributed by atoms with E-state index in [0.29, 0.717) is 34.6 Å². The Balaban J connectivity index is 1.82. The van der Waals surface area contributed by atoms with Gasteiger partial charge in [-0.1, -0.05) is 43.4 Å². The molecule has 2 N–H and O–H groups in total. The van der Waals surface area contributed by atoms with Gasteiger partial charge in [-0.15, -0.1) is 0 Å². The zero-order valence-corrected chi connectivity index (χ0v) is 21.2. The predicted octanol–water partition coefficient (Wildman–Crippen LogP) is 3.52. The number of fused-ring (bicyclic) bond motifs is 3. The maximum absolute atomic E-state index is 12.8. The maximum atomic E-state index is 12.8. The van der Waals surface area contributed by atoms with Crippen LogP contribution >= 0.6 is 0 Å². The van der Waals surface area contributed by atoms with E-state index in [-0.39, 0.29) is 11.8 Å². The quantitative estimate of drug-likeness (QED) is 0.643. The second-order valence-corrected chi connectivity index (χ2v) is 10.7. The Morgan fingerprint density at radius 2 is 1.97 bits per heavy atom. The molecule has 7 heteroatoms. The first-order valence-corrected chi connectivity index (χ1v) is 12.3. The molecule has 2 heterocycles. The van der Waals surface area contributed by atoms with Gasteiger partial charge in [0.1, 0.15) is 11.5 Å². The standard InChI is InChI=1S/C29H33N3O4/c1-27(13-6-5-7-14-27)25-21(12-15-32(2)3)26(33)28(34)24-22(35-4)17-31-18-23(24)36-29(25,28)20-10-8-19(16-30)9-11-20/h5-11,13,17-18,21,25-26,33-34H,12,14-15H2,1-4H3/t21-,25+,26-,27?,28+,29+/m1/s1.